The van der Waals surface area contributed by atoms with Crippen LogP contribution in [-0.4, -0.2) is 11.8 Å². The zero-order valence-electron chi connectivity index (χ0n) is 11.4. The van der Waals surface area contributed by atoms with Gasteiger partial charge in [-0.3, -0.25) is 9.59 Å². The molecule has 0 saturated carbocycles. The minimum absolute atomic E-state index is 0.289. The molecule has 0 aromatic heterocycles. The molecule has 0 bridgehead atoms. The monoisotopic (exact) mass is 307 g/mol. The minimum Gasteiger partial charge on any atom is -0.268 e. The maximum absolute atomic E-state index is 12.6. The number of carbonyl (C=O) groups is 2. The first kappa shape index (κ1) is 13.0. The fourth-order valence-electron chi connectivity index (χ4n) is 2.77. The number of hydrogen-bond acceptors (Lipinski definition) is 2. The number of nitrogens with zero attached hydrogens (tertiary/aromatic N) is 1. The highest BCUT2D eigenvalue weighted by Gasteiger charge is 2.36. The third kappa shape index (κ3) is 1.83. The molecule has 2 amide bonds. The average Bonchev–Trinajstić information content (AvgIpc) is 2.77. The maximum atomic E-state index is 12.6. The molecule has 0 fully saturated rings. The number of anilines is 1. The van der Waals surface area contributed by atoms with E-state index in [1.165, 1.54) is 4.90 Å². The number of halogens is 1. The SMILES string of the molecule is O=C1c2cc3ccc(Cl)cc3cc2C(=O)N1c1ccccc1. The second kappa shape index (κ2) is 4.68. The molecule has 1 aliphatic heterocycles. The number of carbonyl (C=O) groups excluding carboxylic acids is 2. The predicted octanol–water partition coefficient (Wildman–Crippen LogP) is 4.29. The summed E-state index contributed by atoms with van der Waals surface area (Å²) in [5.41, 5.74) is 1.43. The lowest BCUT2D eigenvalue weighted by molar-refractivity contribution is 0.0926. The van der Waals surface area contributed by atoms with Crippen molar-refractivity contribution in [2.24, 2.45) is 0 Å². The van der Waals surface area contributed by atoms with Gasteiger partial charge >= 0.3 is 0 Å². The fraction of sp³-hybridized carbons (Fsp3) is 0. The molecule has 106 valence electrons. The van der Waals surface area contributed by atoms with Gasteiger partial charge in [0.15, 0.2) is 0 Å². The summed E-state index contributed by atoms with van der Waals surface area (Å²) in [6, 6.07) is 17.8. The Labute approximate surface area is 131 Å². The number of benzene rings is 3. The normalized spacial score (nSPS) is 13.8. The standard InChI is InChI=1S/C18H10ClNO2/c19-13-7-6-11-9-15-16(10-12(11)8-13)18(22)20(17(15)21)14-4-2-1-3-5-14/h1-10H. The molecule has 0 radical (unpaired) electrons. The Morgan fingerprint density at radius 3 is 2.05 bits per heavy atom. The predicted molar refractivity (Wildman–Crippen MR) is 86.5 cm³/mol. The Hall–Kier alpha value is -2.65. The van der Waals surface area contributed by atoms with Gasteiger partial charge in [-0.15, -0.1) is 0 Å². The van der Waals surface area contributed by atoms with Crippen molar-refractivity contribution in [2.75, 3.05) is 4.90 Å². The van der Waals surface area contributed by atoms with E-state index in [1.807, 2.05) is 12.1 Å². The molecule has 0 aliphatic carbocycles. The molecular weight excluding hydrogens is 298 g/mol. The molecule has 3 aromatic carbocycles. The van der Waals surface area contributed by atoms with Crippen molar-refractivity contribution in [3.8, 4) is 0 Å². The van der Waals surface area contributed by atoms with Crippen molar-refractivity contribution in [1.29, 1.82) is 0 Å². The highest BCUT2D eigenvalue weighted by atomic mass is 35.5. The van der Waals surface area contributed by atoms with Gasteiger partial charge in [-0.25, -0.2) is 4.90 Å². The molecule has 3 nitrogen and oxygen atoms in total. The van der Waals surface area contributed by atoms with Crippen LogP contribution in [-0.2, 0) is 0 Å². The van der Waals surface area contributed by atoms with Gasteiger partial charge in [-0.1, -0.05) is 35.9 Å². The number of hydrogen-bond donors (Lipinski definition) is 0. The van der Waals surface area contributed by atoms with E-state index in [9.17, 15) is 9.59 Å². The summed E-state index contributed by atoms with van der Waals surface area (Å²) in [5.74, 6) is -0.587. The van der Waals surface area contributed by atoms with Crippen molar-refractivity contribution < 1.29 is 9.59 Å². The maximum Gasteiger partial charge on any atom is 0.266 e. The molecule has 0 spiro atoms. The van der Waals surface area contributed by atoms with Crippen molar-refractivity contribution in [1.82, 2.24) is 0 Å². The summed E-state index contributed by atoms with van der Waals surface area (Å²) >= 11 is 6.00. The smallest absolute Gasteiger partial charge is 0.266 e. The Morgan fingerprint density at radius 1 is 0.727 bits per heavy atom. The molecule has 4 rings (SSSR count). The van der Waals surface area contributed by atoms with Gasteiger partial charge in [-0.05, 0) is 47.2 Å². The molecule has 3 aromatic rings. The van der Waals surface area contributed by atoms with Crippen LogP contribution in [0.2, 0.25) is 5.02 Å². The zero-order chi connectivity index (χ0) is 15.3. The molecule has 4 heteroatoms. The van der Waals surface area contributed by atoms with Gasteiger partial charge in [0.1, 0.15) is 0 Å². The number of fused-ring (bicyclic) bond motifs is 2. The van der Waals surface area contributed by atoms with Crippen molar-refractivity contribution >= 4 is 39.9 Å². The van der Waals surface area contributed by atoms with Crippen LogP contribution in [0, 0.1) is 0 Å². The first-order chi connectivity index (χ1) is 10.6. The topological polar surface area (TPSA) is 37.4 Å². The van der Waals surface area contributed by atoms with E-state index in [4.69, 9.17) is 11.6 Å². The van der Waals surface area contributed by atoms with Crippen LogP contribution in [0.15, 0.2) is 60.7 Å². The van der Waals surface area contributed by atoms with Crippen LogP contribution >= 0.6 is 11.6 Å². The van der Waals surface area contributed by atoms with E-state index in [0.29, 0.717) is 21.8 Å². The first-order valence-corrected chi connectivity index (χ1v) is 7.20. The van der Waals surface area contributed by atoms with Crippen LogP contribution in [0.3, 0.4) is 0 Å². The van der Waals surface area contributed by atoms with Crippen molar-refractivity contribution in [3.05, 3.63) is 76.8 Å². The largest absolute Gasteiger partial charge is 0.268 e. The lowest BCUT2D eigenvalue weighted by Gasteiger charge is -2.13. The minimum atomic E-state index is -0.298. The highest BCUT2D eigenvalue weighted by Crippen LogP contribution is 2.32. The number of para-hydroxylation sites is 1. The van der Waals surface area contributed by atoms with E-state index in [0.717, 1.165) is 10.8 Å². The van der Waals surface area contributed by atoms with E-state index >= 15 is 0 Å². The van der Waals surface area contributed by atoms with E-state index in [-0.39, 0.29) is 11.8 Å². The fourth-order valence-corrected chi connectivity index (χ4v) is 2.95. The Kier molecular flexibility index (Phi) is 2.78. The summed E-state index contributed by atoms with van der Waals surface area (Å²) in [6.45, 7) is 0. The van der Waals surface area contributed by atoms with Gasteiger partial charge in [0.25, 0.3) is 11.8 Å². The third-order valence-electron chi connectivity index (χ3n) is 3.82. The van der Waals surface area contributed by atoms with Gasteiger partial charge in [0.2, 0.25) is 0 Å². The quantitative estimate of drug-likeness (QED) is 0.629. The van der Waals surface area contributed by atoms with E-state index in [1.54, 1.807) is 48.5 Å². The van der Waals surface area contributed by atoms with Crippen LogP contribution in [0.25, 0.3) is 10.8 Å². The molecule has 22 heavy (non-hydrogen) atoms. The van der Waals surface area contributed by atoms with Gasteiger partial charge in [-0.2, -0.15) is 0 Å². The number of rotatable bonds is 1. The average molecular weight is 308 g/mol. The van der Waals surface area contributed by atoms with Gasteiger partial charge < -0.3 is 0 Å². The van der Waals surface area contributed by atoms with Crippen LogP contribution in [0.4, 0.5) is 5.69 Å². The second-order valence-corrected chi connectivity index (χ2v) is 5.61. The lowest BCUT2D eigenvalue weighted by atomic mass is 10.0. The molecular formula is C18H10ClNO2. The second-order valence-electron chi connectivity index (χ2n) is 5.17. The molecule has 0 atom stereocenters. The Balaban J connectivity index is 1.91. The Bertz CT molecular complexity index is 934. The van der Waals surface area contributed by atoms with Crippen molar-refractivity contribution in [3.63, 3.8) is 0 Å². The van der Waals surface area contributed by atoms with E-state index < -0.39 is 0 Å². The van der Waals surface area contributed by atoms with Gasteiger partial charge in [0.05, 0.1) is 16.8 Å². The molecule has 0 unspecified atom stereocenters. The summed E-state index contributed by atoms with van der Waals surface area (Å²) in [5, 5.41) is 2.34. The number of amides is 2. The molecule has 1 heterocycles. The summed E-state index contributed by atoms with van der Waals surface area (Å²) in [7, 11) is 0. The number of imide groups is 1. The van der Waals surface area contributed by atoms with Crippen molar-refractivity contribution in [2.45, 2.75) is 0 Å². The molecule has 0 saturated heterocycles. The zero-order valence-corrected chi connectivity index (χ0v) is 12.2. The lowest BCUT2D eigenvalue weighted by Crippen LogP contribution is -2.29. The highest BCUT2D eigenvalue weighted by molar-refractivity contribution is 6.35. The van der Waals surface area contributed by atoms with Crippen LogP contribution in [0.1, 0.15) is 20.7 Å². The molecule has 1 aliphatic rings. The van der Waals surface area contributed by atoms with Crippen LogP contribution < -0.4 is 4.90 Å². The Morgan fingerprint density at radius 2 is 1.36 bits per heavy atom. The van der Waals surface area contributed by atoms with Gasteiger partial charge in [0, 0.05) is 5.02 Å². The summed E-state index contributed by atoms with van der Waals surface area (Å²) < 4.78 is 0. The van der Waals surface area contributed by atoms with Crippen LogP contribution in [0.5, 0.6) is 0 Å². The summed E-state index contributed by atoms with van der Waals surface area (Å²) in [4.78, 5) is 26.4. The molecule has 0 N–H and O–H groups in total. The first-order valence-electron chi connectivity index (χ1n) is 6.82. The van der Waals surface area contributed by atoms with E-state index in [2.05, 4.69) is 0 Å². The summed E-state index contributed by atoms with van der Waals surface area (Å²) in [6.07, 6.45) is 0. The third-order valence-corrected chi connectivity index (χ3v) is 4.06.